The Morgan fingerprint density at radius 3 is 2.72 bits per heavy atom. The van der Waals surface area contributed by atoms with Gasteiger partial charge in [0.15, 0.2) is 0 Å². The molecule has 1 aliphatic carbocycles. The van der Waals surface area contributed by atoms with Crippen LogP contribution in [0.3, 0.4) is 0 Å². The Morgan fingerprint density at radius 1 is 1.06 bits per heavy atom. The molecule has 0 spiro atoms. The van der Waals surface area contributed by atoms with Crippen LogP contribution in [0, 0.1) is 5.92 Å². The minimum Gasteiger partial charge on any atom is -0.378 e. The molecule has 0 saturated heterocycles. The molecule has 2 atom stereocenters. The lowest BCUT2D eigenvalue weighted by Gasteiger charge is -2.28. The summed E-state index contributed by atoms with van der Waals surface area (Å²) in [4.78, 5) is 0. The van der Waals surface area contributed by atoms with Crippen LogP contribution in [-0.4, -0.2) is 25.8 Å². The lowest BCUT2D eigenvalue weighted by molar-refractivity contribution is 0.0107. The van der Waals surface area contributed by atoms with Crippen molar-refractivity contribution >= 4 is 0 Å². The smallest absolute Gasteiger partial charge is 0.0577 e. The molecule has 2 unspecified atom stereocenters. The number of rotatable bonds is 10. The van der Waals surface area contributed by atoms with Gasteiger partial charge in [-0.05, 0) is 57.5 Å². The average Bonchev–Trinajstić information content (AvgIpc) is 2.42. The molecule has 0 bridgehead atoms. The Kier molecular flexibility index (Phi) is 9.59. The summed E-state index contributed by atoms with van der Waals surface area (Å²) in [5.41, 5.74) is 0. The zero-order valence-corrected chi connectivity index (χ0v) is 12.5. The van der Waals surface area contributed by atoms with Gasteiger partial charge in [0.1, 0.15) is 0 Å². The number of hydrogen-bond donors (Lipinski definition) is 1. The van der Waals surface area contributed by atoms with Gasteiger partial charge in [0.2, 0.25) is 0 Å². The first-order valence-electron chi connectivity index (χ1n) is 8.19. The Morgan fingerprint density at radius 2 is 1.94 bits per heavy atom. The second kappa shape index (κ2) is 10.8. The van der Waals surface area contributed by atoms with Crippen molar-refractivity contribution < 1.29 is 4.74 Å². The molecule has 0 radical (unpaired) electrons. The third-order valence-corrected chi connectivity index (χ3v) is 4.09. The largest absolute Gasteiger partial charge is 0.378 e. The van der Waals surface area contributed by atoms with Gasteiger partial charge < -0.3 is 10.1 Å². The molecule has 1 fully saturated rings. The summed E-state index contributed by atoms with van der Waals surface area (Å²) in [6.45, 7) is 7.85. The Labute approximate surface area is 114 Å². The van der Waals surface area contributed by atoms with E-state index in [4.69, 9.17) is 4.74 Å². The highest BCUT2D eigenvalue weighted by molar-refractivity contribution is 4.72. The fraction of sp³-hybridized carbons (Fsp3) is 1.00. The van der Waals surface area contributed by atoms with Crippen molar-refractivity contribution in [3.8, 4) is 0 Å². The summed E-state index contributed by atoms with van der Waals surface area (Å²) in [7, 11) is 0. The molecule has 0 aromatic carbocycles. The van der Waals surface area contributed by atoms with Gasteiger partial charge in [-0.1, -0.05) is 33.1 Å². The fourth-order valence-corrected chi connectivity index (χ4v) is 2.84. The molecule has 108 valence electrons. The highest BCUT2D eigenvalue weighted by Gasteiger charge is 2.20. The van der Waals surface area contributed by atoms with E-state index in [9.17, 15) is 0 Å². The van der Waals surface area contributed by atoms with Crippen molar-refractivity contribution in [1.29, 1.82) is 0 Å². The normalized spacial score (nSPS) is 24.3. The summed E-state index contributed by atoms with van der Waals surface area (Å²) in [5.74, 6) is 0.932. The van der Waals surface area contributed by atoms with Gasteiger partial charge in [-0.2, -0.15) is 0 Å². The van der Waals surface area contributed by atoms with Crippen LogP contribution < -0.4 is 5.32 Å². The number of ether oxygens (including phenoxy) is 1. The van der Waals surface area contributed by atoms with E-state index < -0.39 is 0 Å². The first kappa shape index (κ1) is 16.0. The van der Waals surface area contributed by atoms with Gasteiger partial charge in [0, 0.05) is 6.61 Å². The van der Waals surface area contributed by atoms with Crippen LogP contribution >= 0.6 is 0 Å². The minimum atomic E-state index is 0.571. The van der Waals surface area contributed by atoms with Crippen molar-refractivity contribution in [1.82, 2.24) is 5.32 Å². The van der Waals surface area contributed by atoms with Gasteiger partial charge >= 0.3 is 0 Å². The van der Waals surface area contributed by atoms with E-state index >= 15 is 0 Å². The topological polar surface area (TPSA) is 21.3 Å². The van der Waals surface area contributed by atoms with Gasteiger partial charge in [0.25, 0.3) is 0 Å². The molecule has 0 aromatic rings. The van der Waals surface area contributed by atoms with E-state index in [-0.39, 0.29) is 0 Å². The lowest BCUT2D eigenvalue weighted by atomic mass is 9.85. The molecule has 2 nitrogen and oxygen atoms in total. The molecule has 0 heterocycles. The Balaban J connectivity index is 1.88. The first-order valence-corrected chi connectivity index (χ1v) is 8.19. The molecule has 1 saturated carbocycles. The summed E-state index contributed by atoms with van der Waals surface area (Å²) in [6, 6.07) is 0. The van der Waals surface area contributed by atoms with Crippen LogP contribution in [0.15, 0.2) is 0 Å². The number of hydrogen-bond acceptors (Lipinski definition) is 2. The molecular weight excluding hydrogens is 222 g/mol. The standard InChI is InChI=1S/C16H33NO/c1-3-11-17-12-6-5-7-13-18-16-10-8-9-15(4-2)14-16/h15-17H,3-14H2,1-2H3. The third kappa shape index (κ3) is 7.38. The summed E-state index contributed by atoms with van der Waals surface area (Å²) >= 11 is 0. The molecular formula is C16H33NO. The second-order valence-electron chi connectivity index (χ2n) is 5.74. The zero-order valence-electron chi connectivity index (χ0n) is 12.5. The number of nitrogens with one attached hydrogen (secondary N) is 1. The molecule has 2 heteroatoms. The van der Waals surface area contributed by atoms with E-state index in [0.29, 0.717) is 6.10 Å². The predicted molar refractivity (Wildman–Crippen MR) is 79.0 cm³/mol. The Bertz CT molecular complexity index is 184. The quantitative estimate of drug-likeness (QED) is 0.592. The summed E-state index contributed by atoms with van der Waals surface area (Å²) in [5, 5.41) is 3.45. The van der Waals surface area contributed by atoms with Crippen molar-refractivity contribution in [2.24, 2.45) is 5.92 Å². The van der Waals surface area contributed by atoms with Crippen molar-refractivity contribution in [2.45, 2.75) is 77.7 Å². The molecule has 1 aliphatic rings. The average molecular weight is 255 g/mol. The van der Waals surface area contributed by atoms with E-state index in [0.717, 1.165) is 19.1 Å². The molecule has 1 rings (SSSR count). The molecule has 18 heavy (non-hydrogen) atoms. The van der Waals surface area contributed by atoms with Gasteiger partial charge in [-0.15, -0.1) is 0 Å². The maximum Gasteiger partial charge on any atom is 0.0577 e. The van der Waals surface area contributed by atoms with Gasteiger partial charge in [-0.3, -0.25) is 0 Å². The first-order chi connectivity index (χ1) is 8.86. The highest BCUT2D eigenvalue weighted by Crippen LogP contribution is 2.28. The SMILES string of the molecule is CCCNCCCCCOC1CCCC(CC)C1. The zero-order chi connectivity index (χ0) is 13.1. The molecule has 0 amide bonds. The Hall–Kier alpha value is -0.0800. The monoisotopic (exact) mass is 255 g/mol. The van der Waals surface area contributed by atoms with E-state index in [1.807, 2.05) is 0 Å². The molecule has 0 aliphatic heterocycles. The third-order valence-electron chi connectivity index (χ3n) is 4.09. The van der Waals surface area contributed by atoms with E-state index in [1.165, 1.54) is 64.3 Å². The van der Waals surface area contributed by atoms with Crippen molar-refractivity contribution in [2.75, 3.05) is 19.7 Å². The number of unbranched alkanes of at least 4 members (excludes halogenated alkanes) is 2. The predicted octanol–water partition coefficient (Wildman–Crippen LogP) is 4.14. The maximum absolute atomic E-state index is 6.02. The van der Waals surface area contributed by atoms with Crippen LogP contribution in [0.4, 0.5) is 0 Å². The second-order valence-corrected chi connectivity index (χ2v) is 5.74. The van der Waals surface area contributed by atoms with Gasteiger partial charge in [0.05, 0.1) is 6.10 Å². The van der Waals surface area contributed by atoms with Crippen LogP contribution in [0.25, 0.3) is 0 Å². The molecule has 1 N–H and O–H groups in total. The van der Waals surface area contributed by atoms with Crippen LogP contribution in [-0.2, 0) is 4.74 Å². The maximum atomic E-state index is 6.02. The highest BCUT2D eigenvalue weighted by atomic mass is 16.5. The minimum absolute atomic E-state index is 0.571. The summed E-state index contributed by atoms with van der Waals surface area (Å²) in [6.07, 6.45) is 12.4. The summed E-state index contributed by atoms with van der Waals surface area (Å²) < 4.78 is 6.02. The van der Waals surface area contributed by atoms with E-state index in [2.05, 4.69) is 19.2 Å². The fourth-order valence-electron chi connectivity index (χ4n) is 2.84. The van der Waals surface area contributed by atoms with E-state index in [1.54, 1.807) is 0 Å². The lowest BCUT2D eigenvalue weighted by Crippen LogP contribution is -2.23. The van der Waals surface area contributed by atoms with Crippen LogP contribution in [0.1, 0.15) is 71.6 Å². The molecule has 0 aromatic heterocycles. The van der Waals surface area contributed by atoms with Crippen molar-refractivity contribution in [3.05, 3.63) is 0 Å². The van der Waals surface area contributed by atoms with Gasteiger partial charge in [-0.25, -0.2) is 0 Å². The van der Waals surface area contributed by atoms with Crippen molar-refractivity contribution in [3.63, 3.8) is 0 Å². The van der Waals surface area contributed by atoms with Crippen LogP contribution in [0.5, 0.6) is 0 Å². The van der Waals surface area contributed by atoms with Crippen LogP contribution in [0.2, 0.25) is 0 Å².